The summed E-state index contributed by atoms with van der Waals surface area (Å²) < 4.78 is 0. The minimum atomic E-state index is -0.829. The van der Waals surface area contributed by atoms with Crippen LogP contribution in [0.15, 0.2) is 18.2 Å². The number of anilines is 2. The summed E-state index contributed by atoms with van der Waals surface area (Å²) >= 11 is 0. The third-order valence-electron chi connectivity index (χ3n) is 2.08. The predicted molar refractivity (Wildman–Crippen MR) is 63.7 cm³/mol. The van der Waals surface area contributed by atoms with Crippen LogP contribution in [0, 0.1) is 6.92 Å². The lowest BCUT2D eigenvalue weighted by molar-refractivity contribution is 0.253. The average Bonchev–Trinajstić information content (AvgIpc) is 2.25. The van der Waals surface area contributed by atoms with Crippen LogP contribution in [0.25, 0.3) is 0 Å². The molecule has 0 saturated carbocycles. The van der Waals surface area contributed by atoms with Gasteiger partial charge in [0.15, 0.2) is 0 Å². The predicted octanol–water partition coefficient (Wildman–Crippen LogP) is -0.487. The van der Waals surface area contributed by atoms with Gasteiger partial charge in [0.05, 0.1) is 11.4 Å². The van der Waals surface area contributed by atoms with Gasteiger partial charge in [-0.05, 0) is 30.7 Å². The number of benzene rings is 1. The molecule has 0 fully saturated rings. The van der Waals surface area contributed by atoms with Gasteiger partial charge in [-0.3, -0.25) is 0 Å². The van der Waals surface area contributed by atoms with Gasteiger partial charge in [0, 0.05) is 0 Å². The Morgan fingerprint density at radius 2 is 1.29 bits per heavy atom. The van der Waals surface area contributed by atoms with Crippen molar-refractivity contribution in [3.63, 3.8) is 0 Å². The number of aryl methyl sites for hydroxylation is 1. The number of primary amides is 2. The standard InChI is InChI=1S/C9H14N6O2/c1-5-2-6(14(12)8(10)16)4-7(3-5)15(13)9(11)17/h2-4H,12-13H2,1H3,(H2,10,16)(H2,11,17). The molecule has 4 amide bonds. The van der Waals surface area contributed by atoms with E-state index in [-0.39, 0.29) is 0 Å². The highest BCUT2D eigenvalue weighted by molar-refractivity contribution is 5.93. The summed E-state index contributed by atoms with van der Waals surface area (Å²) in [6, 6.07) is 2.99. The maximum Gasteiger partial charge on any atom is 0.333 e. The van der Waals surface area contributed by atoms with Crippen LogP contribution >= 0.6 is 0 Å². The Labute approximate surface area is 97.7 Å². The van der Waals surface area contributed by atoms with Crippen LogP contribution in [-0.2, 0) is 0 Å². The average molecular weight is 238 g/mol. The van der Waals surface area contributed by atoms with Crippen molar-refractivity contribution in [3.05, 3.63) is 23.8 Å². The largest absolute Gasteiger partial charge is 0.350 e. The van der Waals surface area contributed by atoms with E-state index in [2.05, 4.69) is 0 Å². The smallest absolute Gasteiger partial charge is 0.333 e. The summed E-state index contributed by atoms with van der Waals surface area (Å²) in [7, 11) is 0. The lowest BCUT2D eigenvalue weighted by atomic mass is 10.2. The van der Waals surface area contributed by atoms with E-state index in [1.165, 1.54) is 6.07 Å². The van der Waals surface area contributed by atoms with Gasteiger partial charge in [-0.2, -0.15) is 0 Å². The van der Waals surface area contributed by atoms with Crippen LogP contribution in [-0.4, -0.2) is 12.1 Å². The minimum Gasteiger partial charge on any atom is -0.350 e. The van der Waals surface area contributed by atoms with Crippen LogP contribution in [0.1, 0.15) is 5.56 Å². The zero-order valence-electron chi connectivity index (χ0n) is 9.25. The first kappa shape index (κ1) is 12.7. The van der Waals surface area contributed by atoms with Crippen molar-refractivity contribution >= 4 is 23.4 Å². The number of urea groups is 2. The quantitative estimate of drug-likeness (QED) is 0.313. The molecule has 0 spiro atoms. The molecule has 17 heavy (non-hydrogen) atoms. The van der Waals surface area contributed by atoms with Crippen LogP contribution in [0.4, 0.5) is 21.0 Å². The van der Waals surface area contributed by atoms with Gasteiger partial charge in [0.1, 0.15) is 0 Å². The number of hydrogen-bond acceptors (Lipinski definition) is 4. The molecule has 8 heteroatoms. The lowest BCUT2D eigenvalue weighted by Crippen LogP contribution is -2.43. The number of nitrogens with two attached hydrogens (primary N) is 4. The normalized spacial score (nSPS) is 9.82. The topological polar surface area (TPSA) is 145 Å². The van der Waals surface area contributed by atoms with Crippen molar-refractivity contribution in [1.29, 1.82) is 0 Å². The molecule has 1 aromatic carbocycles. The highest BCUT2D eigenvalue weighted by atomic mass is 16.2. The Kier molecular flexibility index (Phi) is 3.51. The lowest BCUT2D eigenvalue weighted by Gasteiger charge is -2.19. The maximum atomic E-state index is 10.9. The summed E-state index contributed by atoms with van der Waals surface area (Å²) in [5.41, 5.74) is 11.4. The second-order valence-corrected chi connectivity index (χ2v) is 3.44. The van der Waals surface area contributed by atoms with E-state index in [0.717, 1.165) is 15.6 Å². The van der Waals surface area contributed by atoms with Crippen molar-refractivity contribution < 1.29 is 9.59 Å². The molecule has 0 aliphatic carbocycles. The van der Waals surface area contributed by atoms with Crippen LogP contribution in [0.2, 0.25) is 0 Å². The second kappa shape index (κ2) is 4.68. The second-order valence-electron chi connectivity index (χ2n) is 3.44. The molecular weight excluding hydrogens is 224 g/mol. The van der Waals surface area contributed by atoms with E-state index in [4.69, 9.17) is 23.2 Å². The summed E-state index contributed by atoms with van der Waals surface area (Å²) in [4.78, 5) is 21.8. The van der Waals surface area contributed by atoms with Crippen LogP contribution in [0.3, 0.4) is 0 Å². The Balaban J connectivity index is 3.19. The molecule has 0 atom stereocenters. The first-order valence-corrected chi connectivity index (χ1v) is 4.63. The van der Waals surface area contributed by atoms with E-state index in [0.29, 0.717) is 11.4 Å². The molecule has 0 aliphatic rings. The number of rotatable bonds is 2. The van der Waals surface area contributed by atoms with Crippen molar-refractivity contribution in [3.8, 4) is 0 Å². The summed E-state index contributed by atoms with van der Waals surface area (Å²) in [5.74, 6) is 10.9. The molecule has 1 aromatic rings. The van der Waals surface area contributed by atoms with E-state index in [1.54, 1.807) is 19.1 Å². The van der Waals surface area contributed by atoms with E-state index >= 15 is 0 Å². The third-order valence-corrected chi connectivity index (χ3v) is 2.08. The number of hydrazine groups is 2. The Morgan fingerprint density at radius 3 is 1.59 bits per heavy atom. The molecular formula is C9H14N6O2. The highest BCUT2D eigenvalue weighted by Crippen LogP contribution is 2.22. The molecule has 0 radical (unpaired) electrons. The van der Waals surface area contributed by atoms with E-state index < -0.39 is 12.1 Å². The van der Waals surface area contributed by atoms with Gasteiger partial charge in [-0.15, -0.1) is 0 Å². The van der Waals surface area contributed by atoms with Gasteiger partial charge in [0.25, 0.3) is 0 Å². The zero-order chi connectivity index (χ0) is 13.2. The van der Waals surface area contributed by atoms with Crippen molar-refractivity contribution in [2.75, 3.05) is 10.0 Å². The fourth-order valence-corrected chi connectivity index (χ4v) is 1.28. The molecule has 8 N–H and O–H groups in total. The van der Waals surface area contributed by atoms with E-state index in [1.807, 2.05) is 0 Å². The van der Waals surface area contributed by atoms with Crippen LogP contribution < -0.4 is 33.2 Å². The fourth-order valence-electron chi connectivity index (χ4n) is 1.28. The fraction of sp³-hybridized carbons (Fsp3) is 0.111. The number of carbonyl (C=O) groups excluding carboxylic acids is 2. The Morgan fingerprint density at radius 1 is 0.941 bits per heavy atom. The number of hydrogen-bond donors (Lipinski definition) is 4. The van der Waals surface area contributed by atoms with Crippen LogP contribution in [0.5, 0.6) is 0 Å². The minimum absolute atomic E-state index is 0.309. The molecule has 92 valence electrons. The molecule has 0 aromatic heterocycles. The first-order valence-electron chi connectivity index (χ1n) is 4.63. The SMILES string of the molecule is Cc1cc(N(N)C(N)=O)cc(N(N)C(N)=O)c1. The van der Waals surface area contributed by atoms with Crippen molar-refractivity contribution in [2.45, 2.75) is 6.92 Å². The highest BCUT2D eigenvalue weighted by Gasteiger charge is 2.13. The van der Waals surface area contributed by atoms with Gasteiger partial charge in [-0.25, -0.2) is 31.3 Å². The summed E-state index contributed by atoms with van der Waals surface area (Å²) in [6.45, 7) is 1.75. The van der Waals surface area contributed by atoms with Gasteiger partial charge in [-0.1, -0.05) is 0 Å². The van der Waals surface area contributed by atoms with Gasteiger partial charge in [0.2, 0.25) is 0 Å². The molecule has 0 unspecified atom stereocenters. The number of amides is 4. The molecule has 8 nitrogen and oxygen atoms in total. The van der Waals surface area contributed by atoms with Crippen molar-refractivity contribution in [2.24, 2.45) is 23.2 Å². The molecule has 0 aliphatic heterocycles. The van der Waals surface area contributed by atoms with Gasteiger partial charge < -0.3 is 11.5 Å². The zero-order valence-corrected chi connectivity index (χ0v) is 9.25. The van der Waals surface area contributed by atoms with Crippen molar-refractivity contribution in [1.82, 2.24) is 0 Å². The summed E-state index contributed by atoms with van der Waals surface area (Å²) in [5, 5.41) is 1.48. The molecule has 0 bridgehead atoms. The molecule has 1 rings (SSSR count). The number of nitrogens with zero attached hydrogens (tertiary/aromatic N) is 2. The monoisotopic (exact) mass is 238 g/mol. The summed E-state index contributed by atoms with van der Waals surface area (Å²) in [6.07, 6.45) is 0. The first-order chi connectivity index (χ1) is 7.82. The Hall–Kier alpha value is -2.32. The van der Waals surface area contributed by atoms with Gasteiger partial charge >= 0.3 is 12.1 Å². The molecule has 0 saturated heterocycles. The number of carbonyl (C=O) groups is 2. The molecule has 0 heterocycles. The van der Waals surface area contributed by atoms with E-state index in [9.17, 15) is 9.59 Å². The third kappa shape index (κ3) is 2.83. The Bertz CT molecular complexity index is 423. The maximum absolute atomic E-state index is 10.9.